The third-order valence-corrected chi connectivity index (χ3v) is 5.68. The van der Waals surface area contributed by atoms with Crippen LogP contribution in [0.2, 0.25) is 5.02 Å². The molecule has 1 unspecified atom stereocenters. The first-order valence-corrected chi connectivity index (χ1v) is 9.98. The van der Waals surface area contributed by atoms with Gasteiger partial charge in [-0.05, 0) is 55.8 Å². The van der Waals surface area contributed by atoms with Gasteiger partial charge in [0.05, 0.1) is 18.2 Å². The average Bonchev–Trinajstić information content (AvgIpc) is 3.30. The Hall–Kier alpha value is -3.51. The number of nitrogens with zero attached hydrogens (tertiary/aromatic N) is 1. The molecule has 3 aromatic rings. The SMILES string of the molecule is COc1ccccc1/C(O)=C1/C(=O)C(=O)N(c2ccc(C)c(Cl)c2)C1c1ccc(C)o1. The number of amides is 1. The summed E-state index contributed by atoms with van der Waals surface area (Å²) in [5.41, 5.74) is 1.48. The second kappa shape index (κ2) is 7.96. The number of halogens is 1. The predicted octanol–water partition coefficient (Wildman–Crippen LogP) is 5.18. The van der Waals surface area contributed by atoms with Crippen LogP contribution >= 0.6 is 11.6 Å². The van der Waals surface area contributed by atoms with Crippen LogP contribution < -0.4 is 9.64 Å². The highest BCUT2D eigenvalue weighted by Gasteiger charge is 2.48. The van der Waals surface area contributed by atoms with Crippen molar-refractivity contribution in [1.29, 1.82) is 0 Å². The zero-order valence-corrected chi connectivity index (χ0v) is 17.9. The standard InChI is InChI=1S/C24H20ClNO5/c1-13-8-10-15(12-17(13)25)26-21(19-11-9-14(2)31-19)20(23(28)24(26)29)22(27)16-6-4-5-7-18(16)30-3/h4-12,21,27H,1-3H3/b22-20-. The van der Waals surface area contributed by atoms with E-state index < -0.39 is 17.7 Å². The van der Waals surface area contributed by atoms with Crippen molar-refractivity contribution in [3.63, 3.8) is 0 Å². The van der Waals surface area contributed by atoms with Gasteiger partial charge in [0.2, 0.25) is 0 Å². The van der Waals surface area contributed by atoms with Gasteiger partial charge in [-0.2, -0.15) is 0 Å². The van der Waals surface area contributed by atoms with Crippen molar-refractivity contribution in [3.8, 4) is 5.75 Å². The van der Waals surface area contributed by atoms with E-state index in [4.69, 9.17) is 20.8 Å². The van der Waals surface area contributed by atoms with Crippen molar-refractivity contribution in [1.82, 2.24) is 0 Å². The minimum Gasteiger partial charge on any atom is -0.507 e. The molecule has 2 heterocycles. The van der Waals surface area contributed by atoms with Gasteiger partial charge in [0.15, 0.2) is 0 Å². The maximum absolute atomic E-state index is 13.1. The molecule has 158 valence electrons. The quantitative estimate of drug-likeness (QED) is 0.345. The molecule has 1 N–H and O–H groups in total. The van der Waals surface area contributed by atoms with E-state index in [1.807, 2.05) is 6.92 Å². The van der Waals surface area contributed by atoms with Gasteiger partial charge in [0.1, 0.15) is 29.1 Å². The van der Waals surface area contributed by atoms with Crippen LogP contribution in [0.3, 0.4) is 0 Å². The van der Waals surface area contributed by atoms with Crippen molar-refractivity contribution < 1.29 is 23.8 Å². The number of rotatable bonds is 4. The number of para-hydroxylation sites is 1. The Morgan fingerprint density at radius 3 is 2.48 bits per heavy atom. The van der Waals surface area contributed by atoms with Crippen molar-refractivity contribution in [2.75, 3.05) is 12.0 Å². The monoisotopic (exact) mass is 437 g/mol. The fourth-order valence-corrected chi connectivity index (χ4v) is 3.86. The van der Waals surface area contributed by atoms with Crippen LogP contribution in [0.5, 0.6) is 5.75 Å². The molecule has 0 aliphatic carbocycles. The first kappa shape index (κ1) is 20.8. The Morgan fingerprint density at radius 2 is 1.84 bits per heavy atom. The lowest BCUT2D eigenvalue weighted by atomic mass is 9.98. The summed E-state index contributed by atoms with van der Waals surface area (Å²) in [6, 6.07) is 14.3. The Kier molecular flexibility index (Phi) is 5.33. The first-order valence-electron chi connectivity index (χ1n) is 9.60. The van der Waals surface area contributed by atoms with Crippen LogP contribution in [0.15, 0.2) is 64.6 Å². The number of benzene rings is 2. The van der Waals surface area contributed by atoms with E-state index in [0.717, 1.165) is 5.56 Å². The second-order valence-electron chi connectivity index (χ2n) is 7.25. The molecule has 0 saturated carbocycles. The first-order chi connectivity index (χ1) is 14.8. The fraction of sp³-hybridized carbons (Fsp3) is 0.167. The molecule has 1 aliphatic rings. The zero-order chi connectivity index (χ0) is 22.3. The number of carbonyl (C=O) groups is 2. The minimum atomic E-state index is -0.961. The number of aliphatic hydroxyl groups is 1. The summed E-state index contributed by atoms with van der Waals surface area (Å²) in [6.07, 6.45) is 0. The molecule has 0 spiro atoms. The number of ether oxygens (including phenoxy) is 1. The van der Waals surface area contributed by atoms with Crippen molar-refractivity contribution in [2.45, 2.75) is 19.9 Å². The van der Waals surface area contributed by atoms with E-state index in [2.05, 4.69) is 0 Å². The predicted molar refractivity (Wildman–Crippen MR) is 117 cm³/mol. The van der Waals surface area contributed by atoms with E-state index in [1.54, 1.807) is 61.5 Å². The van der Waals surface area contributed by atoms with Gasteiger partial charge in [-0.15, -0.1) is 0 Å². The number of hydrogen-bond donors (Lipinski definition) is 1. The largest absolute Gasteiger partial charge is 0.507 e. The van der Waals surface area contributed by atoms with Crippen LogP contribution in [0.4, 0.5) is 5.69 Å². The molecular formula is C24H20ClNO5. The summed E-state index contributed by atoms with van der Waals surface area (Å²) >= 11 is 6.28. The summed E-state index contributed by atoms with van der Waals surface area (Å²) in [5.74, 6) is -0.603. The molecule has 2 aromatic carbocycles. The number of hydrogen-bond acceptors (Lipinski definition) is 5. The smallest absolute Gasteiger partial charge is 0.300 e. The minimum absolute atomic E-state index is 0.0828. The summed E-state index contributed by atoms with van der Waals surface area (Å²) in [7, 11) is 1.46. The van der Waals surface area contributed by atoms with E-state index >= 15 is 0 Å². The number of anilines is 1. The lowest BCUT2D eigenvalue weighted by Gasteiger charge is -2.24. The Bertz CT molecular complexity index is 1230. The van der Waals surface area contributed by atoms with E-state index in [-0.39, 0.29) is 11.3 Å². The molecule has 1 atom stereocenters. The lowest BCUT2D eigenvalue weighted by Crippen LogP contribution is -2.29. The van der Waals surface area contributed by atoms with Gasteiger partial charge in [-0.25, -0.2) is 0 Å². The highest BCUT2D eigenvalue weighted by molar-refractivity contribution is 6.51. The molecule has 1 saturated heterocycles. The molecule has 7 heteroatoms. The number of aryl methyl sites for hydroxylation is 2. The van der Waals surface area contributed by atoms with Gasteiger partial charge >= 0.3 is 0 Å². The molecule has 1 amide bonds. The molecule has 1 aromatic heterocycles. The maximum Gasteiger partial charge on any atom is 0.300 e. The van der Waals surface area contributed by atoms with Gasteiger partial charge in [-0.1, -0.05) is 29.8 Å². The van der Waals surface area contributed by atoms with Gasteiger partial charge < -0.3 is 14.3 Å². The second-order valence-corrected chi connectivity index (χ2v) is 7.66. The number of methoxy groups -OCH3 is 1. The number of aliphatic hydroxyl groups excluding tert-OH is 1. The van der Waals surface area contributed by atoms with Crippen LogP contribution in [-0.4, -0.2) is 23.9 Å². The molecule has 1 aliphatic heterocycles. The Balaban J connectivity index is 1.97. The van der Waals surface area contributed by atoms with Crippen molar-refractivity contribution in [2.24, 2.45) is 0 Å². The zero-order valence-electron chi connectivity index (χ0n) is 17.2. The van der Waals surface area contributed by atoms with E-state index in [9.17, 15) is 14.7 Å². The third-order valence-electron chi connectivity index (χ3n) is 5.27. The van der Waals surface area contributed by atoms with E-state index in [0.29, 0.717) is 33.5 Å². The van der Waals surface area contributed by atoms with Gasteiger partial charge in [0, 0.05) is 10.7 Å². The third kappa shape index (κ3) is 3.49. The fourth-order valence-electron chi connectivity index (χ4n) is 3.69. The molecule has 0 bridgehead atoms. The summed E-state index contributed by atoms with van der Waals surface area (Å²) in [4.78, 5) is 27.5. The number of furan rings is 1. The summed E-state index contributed by atoms with van der Waals surface area (Å²) in [6.45, 7) is 3.61. The number of carbonyl (C=O) groups excluding carboxylic acids is 2. The Morgan fingerprint density at radius 1 is 1.10 bits per heavy atom. The molecule has 4 rings (SSSR count). The van der Waals surface area contributed by atoms with Crippen LogP contribution in [0.1, 0.15) is 28.7 Å². The highest BCUT2D eigenvalue weighted by atomic mass is 35.5. The number of Topliss-reactive ketones (excluding diaryl/α,β-unsaturated/α-hetero) is 1. The molecule has 1 fully saturated rings. The van der Waals surface area contributed by atoms with Crippen LogP contribution in [0, 0.1) is 13.8 Å². The Labute approximate surface area is 184 Å². The lowest BCUT2D eigenvalue weighted by molar-refractivity contribution is -0.132. The summed E-state index contributed by atoms with van der Waals surface area (Å²) in [5, 5.41) is 11.6. The van der Waals surface area contributed by atoms with Gasteiger partial charge in [0.25, 0.3) is 11.7 Å². The van der Waals surface area contributed by atoms with Crippen LogP contribution in [0.25, 0.3) is 5.76 Å². The van der Waals surface area contributed by atoms with Crippen LogP contribution in [-0.2, 0) is 9.59 Å². The topological polar surface area (TPSA) is 80.0 Å². The normalized spacial score (nSPS) is 17.9. The summed E-state index contributed by atoms with van der Waals surface area (Å²) < 4.78 is 11.1. The van der Waals surface area contributed by atoms with Crippen molar-refractivity contribution in [3.05, 3.63) is 87.8 Å². The van der Waals surface area contributed by atoms with Gasteiger partial charge in [-0.3, -0.25) is 14.5 Å². The molecule has 31 heavy (non-hydrogen) atoms. The maximum atomic E-state index is 13.1. The highest BCUT2D eigenvalue weighted by Crippen LogP contribution is 2.44. The molecule has 6 nitrogen and oxygen atoms in total. The number of ketones is 1. The average molecular weight is 438 g/mol. The van der Waals surface area contributed by atoms with Crippen molar-refractivity contribution >= 4 is 34.7 Å². The molecule has 0 radical (unpaired) electrons. The molecular weight excluding hydrogens is 418 g/mol. The van der Waals surface area contributed by atoms with E-state index in [1.165, 1.54) is 12.0 Å².